The van der Waals surface area contributed by atoms with Gasteiger partial charge in [0.1, 0.15) is 6.61 Å². The van der Waals surface area contributed by atoms with Gasteiger partial charge < -0.3 is 4.74 Å². The van der Waals surface area contributed by atoms with Gasteiger partial charge in [0.25, 0.3) is 0 Å². The molecule has 0 aliphatic heterocycles. The highest BCUT2D eigenvalue weighted by Crippen LogP contribution is 2.16. The molecule has 0 heterocycles. The molecule has 1 N–H and O–H groups in total. The summed E-state index contributed by atoms with van der Waals surface area (Å²) in [4.78, 5) is 12.2. The van der Waals surface area contributed by atoms with Crippen LogP contribution in [0.1, 0.15) is 41.3 Å². The van der Waals surface area contributed by atoms with Crippen LogP contribution >= 0.6 is 0 Å². The Morgan fingerprint density at radius 3 is 2.38 bits per heavy atom. The summed E-state index contributed by atoms with van der Waals surface area (Å²) in [6.07, 6.45) is 0. The summed E-state index contributed by atoms with van der Waals surface area (Å²) >= 11 is 0. The topological polar surface area (TPSA) is 72.5 Å². The quantitative estimate of drug-likeness (QED) is 0.815. The van der Waals surface area contributed by atoms with Crippen molar-refractivity contribution in [2.75, 3.05) is 7.05 Å². The molecule has 0 saturated heterocycles. The number of sulfonamides is 1. The first-order valence-corrected chi connectivity index (χ1v) is 9.11. The summed E-state index contributed by atoms with van der Waals surface area (Å²) < 4.78 is 31.0. The van der Waals surface area contributed by atoms with E-state index in [9.17, 15) is 13.2 Å². The molecule has 0 amide bonds. The molecule has 6 heteroatoms. The fourth-order valence-corrected chi connectivity index (χ4v) is 2.91. The number of ether oxygens (including phenoxy) is 1. The van der Waals surface area contributed by atoms with Crippen molar-refractivity contribution in [1.82, 2.24) is 4.72 Å². The van der Waals surface area contributed by atoms with E-state index in [-0.39, 0.29) is 17.1 Å². The van der Waals surface area contributed by atoms with Crippen molar-refractivity contribution in [3.8, 4) is 0 Å². The van der Waals surface area contributed by atoms with E-state index in [0.717, 1.165) is 5.56 Å². The summed E-state index contributed by atoms with van der Waals surface area (Å²) in [5.74, 6) is -0.116. The Labute approximate surface area is 142 Å². The van der Waals surface area contributed by atoms with E-state index >= 15 is 0 Å². The number of hydrogen-bond donors (Lipinski definition) is 1. The summed E-state index contributed by atoms with van der Waals surface area (Å²) in [5, 5.41) is 0. The van der Waals surface area contributed by atoms with Gasteiger partial charge in [0.2, 0.25) is 10.0 Å². The molecular formula is C18H21NO4S. The molecule has 2 aromatic rings. The van der Waals surface area contributed by atoms with Crippen molar-refractivity contribution >= 4 is 16.0 Å². The van der Waals surface area contributed by atoms with E-state index in [1.807, 2.05) is 24.3 Å². The average molecular weight is 347 g/mol. The average Bonchev–Trinajstić information content (AvgIpc) is 2.60. The van der Waals surface area contributed by atoms with Gasteiger partial charge in [0.15, 0.2) is 0 Å². The molecule has 0 aromatic heterocycles. The first kappa shape index (κ1) is 18.2. The molecule has 0 aliphatic rings. The number of esters is 1. The van der Waals surface area contributed by atoms with Crippen molar-refractivity contribution in [2.45, 2.75) is 31.3 Å². The lowest BCUT2D eigenvalue weighted by atomic mass is 10.0. The van der Waals surface area contributed by atoms with Crippen LogP contribution in [-0.4, -0.2) is 21.4 Å². The van der Waals surface area contributed by atoms with Crippen molar-refractivity contribution in [2.24, 2.45) is 0 Å². The van der Waals surface area contributed by atoms with Crippen molar-refractivity contribution in [3.63, 3.8) is 0 Å². The van der Waals surface area contributed by atoms with Gasteiger partial charge in [-0.1, -0.05) is 44.2 Å². The Morgan fingerprint density at radius 2 is 1.79 bits per heavy atom. The van der Waals surface area contributed by atoms with Crippen LogP contribution in [0.25, 0.3) is 0 Å². The maximum Gasteiger partial charge on any atom is 0.338 e. The SMILES string of the molecule is CNS(=O)(=O)c1cccc(C(=O)OCc2ccc(C(C)C)cc2)c1. The summed E-state index contributed by atoms with van der Waals surface area (Å²) in [6, 6.07) is 13.6. The molecular weight excluding hydrogens is 326 g/mol. The number of carbonyl (C=O) groups is 1. The Morgan fingerprint density at radius 1 is 1.12 bits per heavy atom. The van der Waals surface area contributed by atoms with Crippen molar-refractivity contribution in [3.05, 3.63) is 65.2 Å². The molecule has 0 spiro atoms. The minimum absolute atomic E-state index is 0.0285. The summed E-state index contributed by atoms with van der Waals surface area (Å²) in [7, 11) is -2.27. The molecule has 0 unspecified atom stereocenters. The van der Waals surface area contributed by atoms with Gasteiger partial charge in [0, 0.05) is 0 Å². The molecule has 2 aromatic carbocycles. The van der Waals surface area contributed by atoms with E-state index in [1.165, 1.54) is 36.9 Å². The fourth-order valence-electron chi connectivity index (χ4n) is 2.14. The molecule has 5 nitrogen and oxygen atoms in total. The summed E-state index contributed by atoms with van der Waals surface area (Å²) in [5.41, 5.74) is 2.30. The number of nitrogens with one attached hydrogen (secondary N) is 1. The van der Waals surface area contributed by atoms with Crippen LogP contribution in [0.4, 0.5) is 0 Å². The van der Waals surface area contributed by atoms with E-state index in [0.29, 0.717) is 5.92 Å². The van der Waals surface area contributed by atoms with Crippen molar-refractivity contribution in [1.29, 1.82) is 0 Å². The molecule has 0 bridgehead atoms. The van der Waals surface area contributed by atoms with Crippen molar-refractivity contribution < 1.29 is 17.9 Å². The molecule has 0 fully saturated rings. The predicted molar refractivity (Wildman–Crippen MR) is 92.3 cm³/mol. The third kappa shape index (κ3) is 4.43. The maximum absolute atomic E-state index is 12.1. The van der Waals surface area contributed by atoms with Gasteiger partial charge in [-0.15, -0.1) is 0 Å². The van der Waals surface area contributed by atoms with Crippen LogP contribution in [-0.2, 0) is 21.4 Å². The van der Waals surface area contributed by atoms with Crippen LogP contribution in [0.3, 0.4) is 0 Å². The Kier molecular flexibility index (Phi) is 5.75. The van der Waals surface area contributed by atoms with Crippen LogP contribution in [0.5, 0.6) is 0 Å². The smallest absolute Gasteiger partial charge is 0.338 e. The number of rotatable bonds is 6. The second-order valence-corrected chi connectivity index (χ2v) is 7.59. The number of carbonyl (C=O) groups excluding carboxylic acids is 1. The van der Waals surface area contributed by atoms with Crippen LogP contribution in [0, 0.1) is 0 Å². The van der Waals surface area contributed by atoms with E-state index < -0.39 is 16.0 Å². The highest BCUT2D eigenvalue weighted by atomic mass is 32.2. The Hall–Kier alpha value is -2.18. The lowest BCUT2D eigenvalue weighted by molar-refractivity contribution is 0.0472. The lowest BCUT2D eigenvalue weighted by Crippen LogP contribution is -2.19. The highest BCUT2D eigenvalue weighted by Gasteiger charge is 2.15. The molecule has 0 radical (unpaired) electrons. The van der Waals surface area contributed by atoms with E-state index in [4.69, 9.17) is 4.74 Å². The largest absolute Gasteiger partial charge is 0.457 e. The van der Waals surface area contributed by atoms with Gasteiger partial charge in [-0.2, -0.15) is 0 Å². The summed E-state index contributed by atoms with van der Waals surface area (Å²) in [6.45, 7) is 4.36. The number of benzene rings is 2. The van der Waals surface area contributed by atoms with Gasteiger partial charge in [-0.05, 0) is 42.3 Å². The third-order valence-corrected chi connectivity index (χ3v) is 5.08. The minimum atomic E-state index is -3.59. The zero-order valence-electron chi connectivity index (χ0n) is 13.9. The lowest BCUT2D eigenvalue weighted by Gasteiger charge is -2.09. The zero-order chi connectivity index (χ0) is 17.7. The fraction of sp³-hybridized carbons (Fsp3) is 0.278. The Bertz CT molecular complexity index is 811. The highest BCUT2D eigenvalue weighted by molar-refractivity contribution is 7.89. The van der Waals surface area contributed by atoms with Crippen LogP contribution in [0.2, 0.25) is 0 Å². The first-order valence-electron chi connectivity index (χ1n) is 7.63. The van der Waals surface area contributed by atoms with E-state index in [2.05, 4.69) is 18.6 Å². The minimum Gasteiger partial charge on any atom is -0.457 e. The van der Waals surface area contributed by atoms with Crippen LogP contribution < -0.4 is 4.72 Å². The molecule has 0 saturated carbocycles. The number of hydrogen-bond acceptors (Lipinski definition) is 4. The van der Waals surface area contributed by atoms with Gasteiger partial charge >= 0.3 is 5.97 Å². The molecule has 2 rings (SSSR count). The van der Waals surface area contributed by atoms with Gasteiger partial charge in [0.05, 0.1) is 10.5 Å². The molecule has 128 valence electrons. The van der Waals surface area contributed by atoms with E-state index in [1.54, 1.807) is 0 Å². The first-order chi connectivity index (χ1) is 11.3. The second-order valence-electron chi connectivity index (χ2n) is 5.71. The van der Waals surface area contributed by atoms with Crippen LogP contribution in [0.15, 0.2) is 53.4 Å². The third-order valence-electron chi connectivity index (χ3n) is 3.67. The van der Waals surface area contributed by atoms with Gasteiger partial charge in [-0.3, -0.25) is 0 Å². The second kappa shape index (κ2) is 7.59. The normalized spacial score (nSPS) is 11.5. The van der Waals surface area contributed by atoms with Gasteiger partial charge in [-0.25, -0.2) is 17.9 Å². The zero-order valence-corrected chi connectivity index (χ0v) is 14.8. The molecule has 0 atom stereocenters. The molecule has 0 aliphatic carbocycles. The maximum atomic E-state index is 12.1. The Balaban J connectivity index is 2.06. The monoisotopic (exact) mass is 347 g/mol. The standard InChI is InChI=1S/C18H21NO4S/c1-13(2)15-9-7-14(8-10-15)12-23-18(20)16-5-4-6-17(11-16)24(21,22)19-3/h4-11,13,19H,12H2,1-3H3. The predicted octanol–water partition coefficient (Wildman–Crippen LogP) is 3.08. The molecule has 24 heavy (non-hydrogen) atoms.